The van der Waals surface area contributed by atoms with E-state index in [0.29, 0.717) is 18.9 Å². The predicted octanol–water partition coefficient (Wildman–Crippen LogP) is 3.26. The Morgan fingerprint density at radius 1 is 1.11 bits per heavy atom. The van der Waals surface area contributed by atoms with Crippen LogP contribution in [0.4, 0.5) is 0 Å². The molecule has 0 saturated carbocycles. The molecule has 0 radical (unpaired) electrons. The van der Waals surface area contributed by atoms with E-state index < -0.39 is 0 Å². The molecule has 146 valence electrons. The third kappa shape index (κ3) is 4.99. The Bertz CT molecular complexity index is 831. The minimum absolute atomic E-state index is 0.0315. The maximum atomic E-state index is 13.0. The highest BCUT2D eigenvalue weighted by Gasteiger charge is 2.23. The molecule has 0 spiro atoms. The van der Waals surface area contributed by atoms with Crippen LogP contribution in [0.1, 0.15) is 17.2 Å². The van der Waals surface area contributed by atoms with Gasteiger partial charge in [-0.05, 0) is 11.1 Å². The number of ether oxygens (including phenoxy) is 1. The van der Waals surface area contributed by atoms with Crippen LogP contribution in [0, 0.1) is 0 Å². The molecule has 3 rings (SSSR count). The first-order chi connectivity index (χ1) is 13.7. The standard InChI is InChI=1S/C21H24N4O2S/c1-24(19(26)15-28-21-23-22-16-25(21)13-14-27-2)20(17-9-5-3-6-10-17)18-11-7-4-8-12-18/h3-12,16,20H,13-15H2,1-2H3. The second-order valence-electron chi connectivity index (χ2n) is 6.32. The summed E-state index contributed by atoms with van der Waals surface area (Å²) in [6, 6.07) is 20.0. The molecular formula is C21H24N4O2S. The largest absolute Gasteiger partial charge is 0.383 e. The highest BCUT2D eigenvalue weighted by Crippen LogP contribution is 2.28. The summed E-state index contributed by atoms with van der Waals surface area (Å²) in [5, 5.41) is 8.77. The van der Waals surface area contributed by atoms with Crippen molar-refractivity contribution in [3.8, 4) is 0 Å². The van der Waals surface area contributed by atoms with Crippen LogP contribution in [-0.2, 0) is 16.1 Å². The van der Waals surface area contributed by atoms with E-state index in [1.54, 1.807) is 18.3 Å². The molecule has 1 aromatic heterocycles. The zero-order chi connectivity index (χ0) is 19.8. The molecule has 1 heterocycles. The average Bonchev–Trinajstić information content (AvgIpc) is 3.19. The number of carbonyl (C=O) groups excluding carboxylic acids is 1. The second kappa shape index (κ2) is 10.1. The van der Waals surface area contributed by atoms with Gasteiger partial charge >= 0.3 is 0 Å². The van der Waals surface area contributed by atoms with Crippen LogP contribution < -0.4 is 0 Å². The molecule has 0 N–H and O–H groups in total. The molecule has 7 heteroatoms. The molecule has 0 aliphatic rings. The molecule has 0 atom stereocenters. The average molecular weight is 397 g/mol. The summed E-state index contributed by atoms with van der Waals surface area (Å²) in [7, 11) is 3.51. The minimum Gasteiger partial charge on any atom is -0.383 e. The van der Waals surface area contributed by atoms with Crippen LogP contribution in [-0.4, -0.2) is 52.1 Å². The monoisotopic (exact) mass is 396 g/mol. The van der Waals surface area contributed by atoms with Crippen LogP contribution in [0.3, 0.4) is 0 Å². The molecule has 0 aliphatic heterocycles. The number of rotatable bonds is 9. The zero-order valence-corrected chi connectivity index (χ0v) is 16.9. The van der Waals surface area contributed by atoms with Gasteiger partial charge in [-0.2, -0.15) is 0 Å². The van der Waals surface area contributed by atoms with Crippen LogP contribution in [0.25, 0.3) is 0 Å². The first-order valence-corrected chi connectivity index (χ1v) is 10.0. The second-order valence-corrected chi connectivity index (χ2v) is 7.26. The van der Waals surface area contributed by atoms with E-state index in [1.165, 1.54) is 11.8 Å². The Morgan fingerprint density at radius 2 is 1.71 bits per heavy atom. The molecule has 0 bridgehead atoms. The lowest BCUT2D eigenvalue weighted by Crippen LogP contribution is -2.33. The molecule has 0 aliphatic carbocycles. The lowest BCUT2D eigenvalue weighted by Gasteiger charge is -2.29. The number of benzene rings is 2. The van der Waals surface area contributed by atoms with Crippen molar-refractivity contribution >= 4 is 17.7 Å². The zero-order valence-electron chi connectivity index (χ0n) is 16.1. The van der Waals surface area contributed by atoms with Crippen molar-refractivity contribution in [2.75, 3.05) is 26.5 Å². The highest BCUT2D eigenvalue weighted by molar-refractivity contribution is 7.99. The van der Waals surface area contributed by atoms with Gasteiger partial charge in [-0.25, -0.2) is 0 Å². The summed E-state index contributed by atoms with van der Waals surface area (Å²) in [6.45, 7) is 1.23. The van der Waals surface area contributed by atoms with Crippen molar-refractivity contribution in [3.63, 3.8) is 0 Å². The van der Waals surface area contributed by atoms with Gasteiger partial charge in [0, 0.05) is 20.7 Å². The van der Waals surface area contributed by atoms with Crippen molar-refractivity contribution in [2.45, 2.75) is 17.7 Å². The van der Waals surface area contributed by atoms with E-state index in [0.717, 1.165) is 16.3 Å². The Hall–Kier alpha value is -2.64. The summed E-state index contributed by atoms with van der Waals surface area (Å²) in [6.07, 6.45) is 1.66. The third-order valence-corrected chi connectivity index (χ3v) is 5.42. The molecule has 3 aromatic rings. The number of aromatic nitrogens is 3. The van der Waals surface area contributed by atoms with Gasteiger partial charge < -0.3 is 14.2 Å². The van der Waals surface area contributed by atoms with Gasteiger partial charge in [0.2, 0.25) is 5.91 Å². The topological polar surface area (TPSA) is 60.2 Å². The fourth-order valence-electron chi connectivity index (χ4n) is 2.98. The van der Waals surface area contributed by atoms with Crippen molar-refractivity contribution < 1.29 is 9.53 Å². The maximum Gasteiger partial charge on any atom is 0.233 e. The quantitative estimate of drug-likeness (QED) is 0.520. The van der Waals surface area contributed by atoms with Crippen molar-refractivity contribution in [1.82, 2.24) is 19.7 Å². The minimum atomic E-state index is -0.137. The Labute approximate surface area is 169 Å². The van der Waals surface area contributed by atoms with Gasteiger partial charge in [0.1, 0.15) is 6.33 Å². The summed E-state index contributed by atoms with van der Waals surface area (Å²) in [4.78, 5) is 14.8. The molecule has 6 nitrogen and oxygen atoms in total. The Kier molecular flexibility index (Phi) is 7.22. The van der Waals surface area contributed by atoms with Crippen LogP contribution in [0.15, 0.2) is 72.1 Å². The first-order valence-electron chi connectivity index (χ1n) is 9.05. The highest BCUT2D eigenvalue weighted by atomic mass is 32.2. The van der Waals surface area contributed by atoms with E-state index in [1.807, 2.05) is 48.0 Å². The molecular weight excluding hydrogens is 372 g/mol. The van der Waals surface area contributed by atoms with Crippen LogP contribution >= 0.6 is 11.8 Å². The van der Waals surface area contributed by atoms with Gasteiger partial charge in [0.15, 0.2) is 5.16 Å². The molecule has 28 heavy (non-hydrogen) atoms. The van der Waals surface area contributed by atoms with Gasteiger partial charge in [-0.3, -0.25) is 4.79 Å². The normalized spacial score (nSPS) is 11.0. The van der Waals surface area contributed by atoms with E-state index in [-0.39, 0.29) is 11.9 Å². The fraction of sp³-hybridized carbons (Fsp3) is 0.286. The molecule has 0 fully saturated rings. The maximum absolute atomic E-state index is 13.0. The molecule has 1 amide bonds. The SMILES string of the molecule is COCCn1cnnc1SCC(=O)N(C)C(c1ccccc1)c1ccccc1. The molecule has 2 aromatic carbocycles. The van der Waals surface area contributed by atoms with Crippen molar-refractivity contribution in [3.05, 3.63) is 78.1 Å². The summed E-state index contributed by atoms with van der Waals surface area (Å²) in [5.74, 6) is 0.322. The number of nitrogens with zero attached hydrogens (tertiary/aromatic N) is 4. The van der Waals surface area contributed by atoms with Crippen LogP contribution in [0.5, 0.6) is 0 Å². The van der Waals surface area contributed by atoms with Gasteiger partial charge in [-0.15, -0.1) is 10.2 Å². The number of hydrogen-bond donors (Lipinski definition) is 0. The van der Waals surface area contributed by atoms with E-state index in [2.05, 4.69) is 34.5 Å². The number of carbonyl (C=O) groups is 1. The van der Waals surface area contributed by atoms with Gasteiger partial charge in [-0.1, -0.05) is 72.4 Å². The van der Waals surface area contributed by atoms with E-state index >= 15 is 0 Å². The van der Waals surface area contributed by atoms with Crippen molar-refractivity contribution in [1.29, 1.82) is 0 Å². The lowest BCUT2D eigenvalue weighted by atomic mass is 9.97. The van der Waals surface area contributed by atoms with Crippen molar-refractivity contribution in [2.24, 2.45) is 0 Å². The number of amides is 1. The Morgan fingerprint density at radius 3 is 2.29 bits per heavy atom. The van der Waals surface area contributed by atoms with Crippen LogP contribution in [0.2, 0.25) is 0 Å². The smallest absolute Gasteiger partial charge is 0.233 e. The summed E-state index contributed by atoms with van der Waals surface area (Å²) in [5.41, 5.74) is 2.16. The molecule has 0 unspecified atom stereocenters. The lowest BCUT2D eigenvalue weighted by molar-refractivity contribution is -0.128. The number of thioether (sulfide) groups is 1. The Balaban J connectivity index is 1.73. The molecule has 0 saturated heterocycles. The summed E-state index contributed by atoms with van der Waals surface area (Å²) < 4.78 is 7.00. The first kappa shape index (κ1) is 20.1. The van der Waals surface area contributed by atoms with E-state index in [4.69, 9.17) is 4.74 Å². The number of methoxy groups -OCH3 is 1. The van der Waals surface area contributed by atoms with E-state index in [9.17, 15) is 4.79 Å². The summed E-state index contributed by atoms with van der Waals surface area (Å²) >= 11 is 1.39. The number of hydrogen-bond acceptors (Lipinski definition) is 5. The van der Waals surface area contributed by atoms with Gasteiger partial charge in [0.05, 0.1) is 18.4 Å². The third-order valence-electron chi connectivity index (χ3n) is 4.45. The fourth-order valence-corrected chi connectivity index (χ4v) is 3.85. The predicted molar refractivity (Wildman–Crippen MR) is 110 cm³/mol. The van der Waals surface area contributed by atoms with Gasteiger partial charge in [0.25, 0.3) is 0 Å².